The number of carbonyl (C=O) groups is 1. The number of para-hydroxylation sites is 1. The average molecular weight is 241 g/mol. The maximum absolute atomic E-state index is 12.0. The van der Waals surface area contributed by atoms with Crippen LogP contribution in [-0.4, -0.2) is 16.0 Å². The molecule has 2 N–H and O–H groups in total. The highest BCUT2D eigenvalue weighted by molar-refractivity contribution is 6.05. The highest BCUT2D eigenvalue weighted by Crippen LogP contribution is 2.16. The van der Waals surface area contributed by atoms with Gasteiger partial charge in [0.15, 0.2) is 0 Å². The van der Waals surface area contributed by atoms with E-state index in [4.69, 9.17) is 4.52 Å². The molecule has 0 bridgehead atoms. The first-order chi connectivity index (χ1) is 8.72. The van der Waals surface area contributed by atoms with E-state index in [1.807, 2.05) is 24.3 Å². The van der Waals surface area contributed by atoms with Gasteiger partial charge in [-0.25, -0.2) is 0 Å². The van der Waals surface area contributed by atoms with Crippen LogP contribution in [0.3, 0.4) is 0 Å². The third kappa shape index (κ3) is 1.86. The van der Waals surface area contributed by atoms with E-state index in [0.29, 0.717) is 11.6 Å². The lowest BCUT2D eigenvalue weighted by atomic mass is 10.2. The molecule has 0 spiro atoms. The van der Waals surface area contributed by atoms with Gasteiger partial charge in [0, 0.05) is 17.0 Å². The van der Waals surface area contributed by atoms with Gasteiger partial charge in [-0.15, -0.1) is 0 Å². The minimum atomic E-state index is -0.248. The fourth-order valence-electron chi connectivity index (χ4n) is 1.80. The van der Waals surface area contributed by atoms with Crippen LogP contribution in [0.25, 0.3) is 10.9 Å². The minimum Gasteiger partial charge on any atom is -0.351 e. The Morgan fingerprint density at radius 1 is 1.33 bits per heavy atom. The number of aromatic nitrogens is 2. The van der Waals surface area contributed by atoms with Gasteiger partial charge < -0.3 is 9.51 Å². The zero-order valence-corrected chi connectivity index (χ0v) is 9.73. The predicted octanol–water partition coefficient (Wildman–Crippen LogP) is 2.72. The van der Waals surface area contributed by atoms with Gasteiger partial charge in [0.05, 0.1) is 5.69 Å². The highest BCUT2D eigenvalue weighted by atomic mass is 16.5. The van der Waals surface area contributed by atoms with Crippen molar-refractivity contribution in [3.63, 3.8) is 0 Å². The van der Waals surface area contributed by atoms with E-state index in [0.717, 1.165) is 16.6 Å². The summed E-state index contributed by atoms with van der Waals surface area (Å²) in [5.74, 6) is 0.0958. The summed E-state index contributed by atoms with van der Waals surface area (Å²) in [6, 6.07) is 11.2. The van der Waals surface area contributed by atoms with Crippen LogP contribution in [0, 0.1) is 6.92 Å². The number of carbonyl (C=O) groups excluding carboxylic acids is 1. The molecule has 0 aliphatic rings. The molecule has 0 saturated carbocycles. The second-order valence-corrected chi connectivity index (χ2v) is 4.06. The molecule has 0 radical (unpaired) electrons. The van der Waals surface area contributed by atoms with Crippen LogP contribution in [0.15, 0.2) is 40.9 Å². The fourth-order valence-corrected chi connectivity index (χ4v) is 1.80. The molecule has 2 aromatic heterocycles. The monoisotopic (exact) mass is 241 g/mol. The van der Waals surface area contributed by atoms with Gasteiger partial charge >= 0.3 is 0 Å². The predicted molar refractivity (Wildman–Crippen MR) is 67.5 cm³/mol. The molecule has 2 heterocycles. The highest BCUT2D eigenvalue weighted by Gasteiger charge is 2.11. The van der Waals surface area contributed by atoms with Crippen molar-refractivity contribution < 1.29 is 9.32 Å². The number of rotatable bonds is 2. The molecule has 5 nitrogen and oxygen atoms in total. The summed E-state index contributed by atoms with van der Waals surface area (Å²) in [4.78, 5) is 15.0. The SMILES string of the molecule is Cc1cc(NC(=O)c2cc3ccccc3[nH]2)on1. The number of anilines is 1. The zero-order chi connectivity index (χ0) is 12.5. The number of hydrogen-bond acceptors (Lipinski definition) is 3. The summed E-state index contributed by atoms with van der Waals surface area (Å²) in [6.45, 7) is 1.79. The normalized spacial score (nSPS) is 10.7. The van der Waals surface area contributed by atoms with Crippen LogP contribution >= 0.6 is 0 Å². The van der Waals surface area contributed by atoms with E-state index < -0.39 is 0 Å². The van der Waals surface area contributed by atoms with Crippen molar-refractivity contribution in [3.8, 4) is 0 Å². The second-order valence-electron chi connectivity index (χ2n) is 4.06. The van der Waals surface area contributed by atoms with Crippen molar-refractivity contribution in [2.75, 3.05) is 5.32 Å². The molecule has 3 rings (SSSR count). The molecule has 0 saturated heterocycles. The smallest absolute Gasteiger partial charge is 0.274 e. The molecule has 1 aromatic carbocycles. The molecule has 0 atom stereocenters. The number of benzene rings is 1. The Balaban J connectivity index is 1.87. The Hall–Kier alpha value is -2.56. The molecule has 90 valence electrons. The first-order valence-electron chi connectivity index (χ1n) is 5.55. The number of aromatic amines is 1. The summed E-state index contributed by atoms with van der Waals surface area (Å²) in [5.41, 5.74) is 2.14. The molecule has 18 heavy (non-hydrogen) atoms. The summed E-state index contributed by atoms with van der Waals surface area (Å²) < 4.78 is 4.93. The lowest BCUT2D eigenvalue weighted by Gasteiger charge is -1.96. The topological polar surface area (TPSA) is 70.9 Å². The van der Waals surface area contributed by atoms with Crippen molar-refractivity contribution in [2.24, 2.45) is 0 Å². The van der Waals surface area contributed by atoms with Crippen molar-refractivity contribution in [3.05, 3.63) is 47.8 Å². The minimum absolute atomic E-state index is 0.248. The molecule has 0 aliphatic heterocycles. The van der Waals surface area contributed by atoms with Gasteiger partial charge in [0.2, 0.25) is 5.88 Å². The molecule has 0 fully saturated rings. The zero-order valence-electron chi connectivity index (χ0n) is 9.73. The van der Waals surface area contributed by atoms with E-state index in [-0.39, 0.29) is 5.91 Å². The Kier molecular flexibility index (Phi) is 2.37. The number of H-pyrrole nitrogens is 1. The number of aryl methyl sites for hydroxylation is 1. The summed E-state index contributed by atoms with van der Waals surface area (Å²) in [7, 11) is 0. The lowest BCUT2D eigenvalue weighted by Crippen LogP contribution is -2.11. The van der Waals surface area contributed by atoms with E-state index in [1.54, 1.807) is 19.1 Å². The summed E-state index contributed by atoms with van der Waals surface area (Å²) >= 11 is 0. The Morgan fingerprint density at radius 2 is 2.17 bits per heavy atom. The van der Waals surface area contributed by atoms with Crippen molar-refractivity contribution in [2.45, 2.75) is 6.92 Å². The third-order valence-corrected chi connectivity index (χ3v) is 2.64. The molecular weight excluding hydrogens is 230 g/mol. The van der Waals surface area contributed by atoms with Crippen LogP contribution in [0.1, 0.15) is 16.2 Å². The Labute approximate surface area is 103 Å². The number of hydrogen-bond donors (Lipinski definition) is 2. The van der Waals surface area contributed by atoms with Crippen molar-refractivity contribution >= 4 is 22.7 Å². The van der Waals surface area contributed by atoms with Gasteiger partial charge in [-0.1, -0.05) is 23.4 Å². The van der Waals surface area contributed by atoms with E-state index in [2.05, 4.69) is 15.5 Å². The largest absolute Gasteiger partial charge is 0.351 e. The maximum atomic E-state index is 12.0. The van der Waals surface area contributed by atoms with Gasteiger partial charge in [-0.05, 0) is 19.1 Å². The molecule has 3 aromatic rings. The van der Waals surface area contributed by atoms with Crippen molar-refractivity contribution in [1.29, 1.82) is 0 Å². The lowest BCUT2D eigenvalue weighted by molar-refractivity contribution is 0.102. The van der Waals surface area contributed by atoms with Gasteiger partial charge in [-0.2, -0.15) is 0 Å². The molecule has 0 aliphatic carbocycles. The number of nitrogens with one attached hydrogen (secondary N) is 2. The van der Waals surface area contributed by atoms with Crippen LogP contribution in [0.5, 0.6) is 0 Å². The van der Waals surface area contributed by atoms with Crippen LogP contribution in [0.2, 0.25) is 0 Å². The van der Waals surface area contributed by atoms with E-state index in [9.17, 15) is 4.79 Å². The fraction of sp³-hybridized carbons (Fsp3) is 0.0769. The third-order valence-electron chi connectivity index (χ3n) is 2.64. The standard InChI is InChI=1S/C13H11N3O2/c1-8-6-12(18-16-8)15-13(17)11-7-9-4-2-3-5-10(9)14-11/h2-7,14H,1H3,(H,15,17). The Bertz CT molecular complexity index is 679. The van der Waals surface area contributed by atoms with E-state index in [1.165, 1.54) is 0 Å². The molecule has 5 heteroatoms. The van der Waals surface area contributed by atoms with Crippen LogP contribution < -0.4 is 5.32 Å². The second kappa shape index (κ2) is 4.03. The Morgan fingerprint density at radius 3 is 2.89 bits per heavy atom. The number of fused-ring (bicyclic) bond motifs is 1. The van der Waals surface area contributed by atoms with Crippen LogP contribution in [0.4, 0.5) is 5.88 Å². The first kappa shape index (κ1) is 10.6. The number of amides is 1. The summed E-state index contributed by atoms with van der Waals surface area (Å²) in [6.07, 6.45) is 0. The average Bonchev–Trinajstić information content (AvgIpc) is 2.95. The molecular formula is C13H11N3O2. The van der Waals surface area contributed by atoms with Gasteiger partial charge in [0.1, 0.15) is 5.69 Å². The van der Waals surface area contributed by atoms with Crippen molar-refractivity contribution in [1.82, 2.24) is 10.1 Å². The van der Waals surface area contributed by atoms with E-state index >= 15 is 0 Å². The van der Waals surface area contributed by atoms with Gasteiger partial charge in [-0.3, -0.25) is 10.1 Å². The van der Waals surface area contributed by atoms with Crippen LogP contribution in [-0.2, 0) is 0 Å². The van der Waals surface area contributed by atoms with Gasteiger partial charge in [0.25, 0.3) is 5.91 Å². The number of nitrogens with zero attached hydrogens (tertiary/aromatic N) is 1. The quantitative estimate of drug-likeness (QED) is 0.724. The maximum Gasteiger partial charge on any atom is 0.274 e. The first-order valence-corrected chi connectivity index (χ1v) is 5.55. The molecule has 0 unspecified atom stereocenters. The summed E-state index contributed by atoms with van der Waals surface area (Å²) in [5, 5.41) is 7.34. The molecule has 1 amide bonds.